The Kier molecular flexibility index (Phi) is 5.38. The van der Waals surface area contributed by atoms with E-state index in [1.54, 1.807) is 6.92 Å². The van der Waals surface area contributed by atoms with Crippen molar-refractivity contribution in [1.82, 2.24) is 29.0 Å². The first kappa shape index (κ1) is 21.5. The molecule has 4 rings (SSSR count). The number of hydrogen-bond donors (Lipinski definition) is 0. The summed E-state index contributed by atoms with van der Waals surface area (Å²) >= 11 is 0. The van der Waals surface area contributed by atoms with Gasteiger partial charge in [-0.15, -0.1) is 0 Å². The fourth-order valence-electron chi connectivity index (χ4n) is 4.13. The van der Waals surface area contributed by atoms with Crippen molar-refractivity contribution in [3.05, 3.63) is 33.8 Å². The van der Waals surface area contributed by atoms with Crippen LogP contribution in [0, 0.1) is 0 Å². The third kappa shape index (κ3) is 3.85. The molecule has 0 aromatic carbocycles. The largest absolute Gasteiger partial charge is 0.435 e. The number of fused-ring (bicyclic) bond motifs is 1. The van der Waals surface area contributed by atoms with E-state index in [0.717, 1.165) is 20.3 Å². The molecular weight excluding hydrogens is 427 g/mol. The molecule has 0 N–H and O–H groups in total. The fourth-order valence-corrected chi connectivity index (χ4v) is 4.13. The highest BCUT2D eigenvalue weighted by Crippen LogP contribution is 2.29. The van der Waals surface area contributed by atoms with Crippen LogP contribution in [0.3, 0.4) is 0 Å². The summed E-state index contributed by atoms with van der Waals surface area (Å²) in [5, 5.41) is 7.73. The van der Waals surface area contributed by atoms with Gasteiger partial charge in [-0.1, -0.05) is 0 Å². The molecule has 8 nitrogen and oxygen atoms in total. The lowest BCUT2D eigenvalue weighted by Gasteiger charge is -2.26. The molecule has 0 saturated carbocycles. The molecule has 0 bridgehead atoms. The van der Waals surface area contributed by atoms with E-state index in [2.05, 4.69) is 10.2 Å². The van der Waals surface area contributed by atoms with E-state index < -0.39 is 41.9 Å². The first-order valence-electron chi connectivity index (χ1n) is 9.99. The molecule has 2 aliphatic rings. The van der Waals surface area contributed by atoms with E-state index in [4.69, 9.17) is 0 Å². The van der Waals surface area contributed by atoms with Crippen molar-refractivity contribution in [2.75, 3.05) is 13.1 Å². The van der Waals surface area contributed by atoms with Crippen LogP contribution >= 0.6 is 0 Å². The van der Waals surface area contributed by atoms with Gasteiger partial charge in [0, 0.05) is 13.0 Å². The van der Waals surface area contributed by atoms with Crippen molar-refractivity contribution in [2.45, 2.75) is 63.8 Å². The van der Waals surface area contributed by atoms with E-state index in [0.29, 0.717) is 25.1 Å². The van der Waals surface area contributed by atoms with Crippen LogP contribution in [0.25, 0.3) is 0 Å². The summed E-state index contributed by atoms with van der Waals surface area (Å²) in [6.45, 7) is 0.798. The van der Waals surface area contributed by atoms with E-state index in [1.165, 1.54) is 4.57 Å². The summed E-state index contributed by atoms with van der Waals surface area (Å²) in [5.74, 6) is -0.232. The normalized spacial score (nSPS) is 23.9. The minimum atomic E-state index is -4.62. The Labute approximate surface area is 173 Å². The lowest BCUT2D eigenvalue weighted by molar-refractivity contribution is -0.141. The van der Waals surface area contributed by atoms with E-state index in [9.17, 15) is 31.5 Å². The lowest BCUT2D eigenvalue weighted by atomic mass is 10.0. The quantitative estimate of drug-likeness (QED) is 0.668. The average Bonchev–Trinajstić information content (AvgIpc) is 3.38. The molecule has 0 unspecified atom stereocenters. The highest BCUT2D eigenvalue weighted by molar-refractivity contribution is 5.81. The molecule has 13 heteroatoms. The van der Waals surface area contributed by atoms with Gasteiger partial charge in [0.1, 0.15) is 11.9 Å². The third-order valence-corrected chi connectivity index (χ3v) is 5.67. The number of likely N-dealkylation sites (tertiary alicyclic amines) is 1. The SMILES string of the molecule is CCn1nc(C(F)(F)F)cc1Cn1nc2n(c1=O)[C@H](C(=O)N1C[C@@H](F)[C@@H](F)C1)CCC2. The number of alkyl halides is 5. The van der Waals surface area contributed by atoms with Gasteiger partial charge in [-0.25, -0.2) is 18.3 Å². The molecule has 170 valence electrons. The van der Waals surface area contributed by atoms with Crippen molar-refractivity contribution >= 4 is 5.91 Å². The first-order valence-corrected chi connectivity index (χ1v) is 9.99. The Morgan fingerprint density at radius 1 is 1.16 bits per heavy atom. The predicted molar refractivity (Wildman–Crippen MR) is 96.8 cm³/mol. The lowest BCUT2D eigenvalue weighted by Crippen LogP contribution is -2.42. The minimum Gasteiger partial charge on any atom is -0.335 e. The maximum Gasteiger partial charge on any atom is 0.435 e. The number of aromatic nitrogens is 5. The van der Waals surface area contributed by atoms with Gasteiger partial charge in [0.25, 0.3) is 0 Å². The number of halogens is 5. The van der Waals surface area contributed by atoms with E-state index in [1.807, 2.05) is 0 Å². The molecule has 0 aliphatic carbocycles. The summed E-state index contributed by atoms with van der Waals surface area (Å²) in [7, 11) is 0. The maximum atomic E-state index is 13.5. The Balaban J connectivity index is 1.63. The van der Waals surface area contributed by atoms with Gasteiger partial charge in [0.15, 0.2) is 18.0 Å². The monoisotopic (exact) mass is 448 g/mol. The van der Waals surface area contributed by atoms with Crippen molar-refractivity contribution < 1.29 is 26.7 Å². The smallest absolute Gasteiger partial charge is 0.335 e. The van der Waals surface area contributed by atoms with Crippen LogP contribution in [0.5, 0.6) is 0 Å². The molecule has 4 heterocycles. The Bertz CT molecular complexity index is 1030. The second-order valence-corrected chi connectivity index (χ2v) is 7.74. The molecule has 2 aliphatic heterocycles. The molecule has 2 aromatic rings. The zero-order valence-corrected chi connectivity index (χ0v) is 16.6. The number of amides is 1. The summed E-state index contributed by atoms with van der Waals surface area (Å²) in [5.41, 5.74) is -1.57. The summed E-state index contributed by atoms with van der Waals surface area (Å²) in [4.78, 5) is 26.9. The van der Waals surface area contributed by atoms with E-state index >= 15 is 0 Å². The molecule has 1 amide bonds. The number of carbonyl (C=O) groups is 1. The van der Waals surface area contributed by atoms with Crippen LogP contribution in [0.4, 0.5) is 22.0 Å². The van der Waals surface area contributed by atoms with Crippen LogP contribution in [0.1, 0.15) is 43.0 Å². The van der Waals surface area contributed by atoms with Crippen LogP contribution in [-0.2, 0) is 30.5 Å². The van der Waals surface area contributed by atoms with Gasteiger partial charge in [0.05, 0.1) is 25.3 Å². The van der Waals surface area contributed by atoms with Gasteiger partial charge >= 0.3 is 11.9 Å². The number of hydrogen-bond acceptors (Lipinski definition) is 4. The molecule has 3 atom stereocenters. The molecule has 1 saturated heterocycles. The van der Waals surface area contributed by atoms with Crippen molar-refractivity contribution in [1.29, 1.82) is 0 Å². The predicted octanol–water partition coefficient (Wildman–Crippen LogP) is 1.72. The van der Waals surface area contributed by atoms with Crippen LogP contribution in [0.15, 0.2) is 10.9 Å². The van der Waals surface area contributed by atoms with Gasteiger partial charge in [-0.3, -0.25) is 14.0 Å². The number of aryl methyl sites for hydroxylation is 2. The van der Waals surface area contributed by atoms with Crippen LogP contribution in [0.2, 0.25) is 0 Å². The summed E-state index contributed by atoms with van der Waals surface area (Å²) in [6.07, 6.45) is -6.88. The number of rotatable bonds is 4. The highest BCUT2D eigenvalue weighted by Gasteiger charge is 2.40. The zero-order chi connectivity index (χ0) is 22.5. The maximum absolute atomic E-state index is 13.5. The van der Waals surface area contributed by atoms with Crippen LogP contribution in [-0.4, -0.2) is 60.4 Å². The highest BCUT2D eigenvalue weighted by atomic mass is 19.4. The Morgan fingerprint density at radius 3 is 2.45 bits per heavy atom. The topological polar surface area (TPSA) is 78.0 Å². The van der Waals surface area contributed by atoms with Gasteiger partial charge in [-0.05, 0) is 25.8 Å². The van der Waals surface area contributed by atoms with Crippen LogP contribution < -0.4 is 5.69 Å². The average molecular weight is 448 g/mol. The van der Waals surface area contributed by atoms with Gasteiger partial charge < -0.3 is 4.90 Å². The fraction of sp³-hybridized carbons (Fsp3) is 0.667. The molecule has 2 aromatic heterocycles. The second kappa shape index (κ2) is 7.75. The van der Waals surface area contributed by atoms with Crippen molar-refractivity contribution in [2.24, 2.45) is 0 Å². The molecular formula is C18H21F5N6O2. The number of nitrogens with zero attached hydrogens (tertiary/aromatic N) is 6. The van der Waals surface area contributed by atoms with Crippen molar-refractivity contribution in [3.8, 4) is 0 Å². The van der Waals surface area contributed by atoms with E-state index in [-0.39, 0.29) is 31.9 Å². The minimum absolute atomic E-state index is 0.148. The summed E-state index contributed by atoms with van der Waals surface area (Å²) in [6, 6.07) is -0.0754. The second-order valence-electron chi connectivity index (χ2n) is 7.74. The first-order chi connectivity index (χ1) is 14.6. The Hall–Kier alpha value is -2.73. The summed E-state index contributed by atoms with van der Waals surface area (Å²) < 4.78 is 69.4. The molecule has 31 heavy (non-hydrogen) atoms. The number of carbonyl (C=O) groups excluding carboxylic acids is 1. The van der Waals surface area contributed by atoms with Crippen molar-refractivity contribution in [3.63, 3.8) is 0 Å². The Morgan fingerprint density at radius 2 is 1.84 bits per heavy atom. The molecule has 0 spiro atoms. The standard InChI is InChI=1S/C18H21F5N6O2/c1-2-27-10(6-14(24-27)18(21,22)23)7-28-17(31)29-13(4-3-5-15(29)25-28)16(30)26-8-11(19)12(20)9-26/h6,11-13H,2-5,7-9H2,1H3/t11-,12+,13-/m0/s1. The van der Waals surface area contributed by atoms with Gasteiger partial charge in [-0.2, -0.15) is 23.4 Å². The zero-order valence-electron chi connectivity index (χ0n) is 16.6. The van der Waals surface area contributed by atoms with Gasteiger partial charge in [0.2, 0.25) is 5.91 Å². The third-order valence-electron chi connectivity index (χ3n) is 5.67. The molecule has 1 fully saturated rings. The molecule has 0 radical (unpaired) electrons.